The molecule has 0 bridgehead atoms. The first-order valence-corrected chi connectivity index (χ1v) is 13.3. The summed E-state index contributed by atoms with van der Waals surface area (Å²) in [6, 6.07) is -4.65. The third-order valence-corrected chi connectivity index (χ3v) is 5.76. The molecule has 234 valence electrons. The first-order chi connectivity index (χ1) is 19.3. The standard InChI is InChI=1S/C23H46N12O6/c24-10-2-1-5-14(33-18(37)13(25)8-9-17(26)36)19(38)34-15(6-3-11-31-22(27)28)20(39)35-16(21(40)41)7-4-12-32-23(29)30/h13-16H,1-12,24-25H2,(H2,26,36)(H,33,37)(H,34,38)(H,35,39)(H,40,41)(H4,27,28,31)(H4,29,30,32). The van der Waals surface area contributed by atoms with Gasteiger partial charge in [-0.2, -0.15) is 0 Å². The summed E-state index contributed by atoms with van der Waals surface area (Å²) in [6.45, 7) is 0.663. The Balaban J connectivity index is 5.67. The maximum atomic E-state index is 13.2. The zero-order valence-corrected chi connectivity index (χ0v) is 23.2. The molecule has 0 rings (SSSR count). The summed E-state index contributed by atoms with van der Waals surface area (Å²) in [4.78, 5) is 69.3. The second kappa shape index (κ2) is 20.7. The summed E-state index contributed by atoms with van der Waals surface area (Å²) in [5.74, 6) is -4.36. The van der Waals surface area contributed by atoms with Crippen LogP contribution in [0.1, 0.15) is 57.8 Å². The summed E-state index contributed by atoms with van der Waals surface area (Å²) in [5, 5.41) is 17.1. The minimum atomic E-state index is -1.29. The Hall–Kier alpha value is -4.19. The maximum absolute atomic E-state index is 13.2. The molecule has 0 aromatic heterocycles. The molecule has 18 heteroatoms. The van der Waals surface area contributed by atoms with Crippen LogP contribution in [-0.2, 0) is 24.0 Å². The largest absolute Gasteiger partial charge is 0.480 e. The molecule has 0 aliphatic carbocycles. The van der Waals surface area contributed by atoms with Gasteiger partial charge in [0, 0.05) is 19.5 Å². The molecule has 41 heavy (non-hydrogen) atoms. The fraction of sp³-hybridized carbons (Fsp3) is 0.696. The highest BCUT2D eigenvalue weighted by atomic mass is 16.4. The summed E-state index contributed by atoms with van der Waals surface area (Å²) in [5.41, 5.74) is 37.7. The molecule has 0 fully saturated rings. The van der Waals surface area contributed by atoms with Crippen molar-refractivity contribution in [1.29, 1.82) is 0 Å². The third-order valence-electron chi connectivity index (χ3n) is 5.76. The van der Waals surface area contributed by atoms with Gasteiger partial charge in [-0.25, -0.2) is 4.79 Å². The molecule has 18 N–H and O–H groups in total. The molecule has 4 amide bonds. The Morgan fingerprint density at radius 2 is 1.07 bits per heavy atom. The van der Waals surface area contributed by atoms with E-state index in [4.69, 9.17) is 40.1 Å². The maximum Gasteiger partial charge on any atom is 0.326 e. The van der Waals surface area contributed by atoms with E-state index in [0.717, 1.165) is 0 Å². The molecule has 4 unspecified atom stereocenters. The van der Waals surface area contributed by atoms with Crippen LogP contribution < -0.4 is 56.1 Å². The van der Waals surface area contributed by atoms with Gasteiger partial charge in [-0.15, -0.1) is 0 Å². The van der Waals surface area contributed by atoms with Gasteiger partial charge in [0.05, 0.1) is 6.04 Å². The normalized spacial score (nSPS) is 13.5. The molecule has 0 aliphatic heterocycles. The lowest BCUT2D eigenvalue weighted by Gasteiger charge is -2.25. The Kier molecular flexibility index (Phi) is 18.6. The molecule has 0 aromatic rings. The predicted molar refractivity (Wildman–Crippen MR) is 153 cm³/mol. The number of primary amides is 1. The highest BCUT2D eigenvalue weighted by Crippen LogP contribution is 2.07. The van der Waals surface area contributed by atoms with Crippen LogP contribution in [0.25, 0.3) is 0 Å². The van der Waals surface area contributed by atoms with E-state index in [1.807, 2.05) is 0 Å². The van der Waals surface area contributed by atoms with Crippen molar-refractivity contribution in [2.24, 2.45) is 50.1 Å². The SMILES string of the molecule is NCCCCC(NC(=O)C(N)CCC(N)=O)C(=O)NC(CCCN=C(N)N)C(=O)NC(CCCN=C(N)N)C(=O)O. The number of unbranched alkanes of at least 4 members (excludes halogenated alkanes) is 1. The second-order valence-electron chi connectivity index (χ2n) is 9.32. The van der Waals surface area contributed by atoms with Crippen molar-refractivity contribution < 1.29 is 29.1 Å². The smallest absolute Gasteiger partial charge is 0.326 e. The number of nitrogens with one attached hydrogen (secondary N) is 3. The molecule has 0 spiro atoms. The van der Waals surface area contributed by atoms with E-state index in [9.17, 15) is 29.1 Å². The molecule has 0 aliphatic rings. The number of amides is 4. The lowest BCUT2D eigenvalue weighted by molar-refractivity contribution is -0.142. The van der Waals surface area contributed by atoms with Crippen LogP contribution in [0.5, 0.6) is 0 Å². The van der Waals surface area contributed by atoms with Gasteiger partial charge in [-0.3, -0.25) is 29.2 Å². The average Bonchev–Trinajstić information content (AvgIpc) is 2.89. The second-order valence-corrected chi connectivity index (χ2v) is 9.32. The van der Waals surface area contributed by atoms with Crippen molar-refractivity contribution in [3.63, 3.8) is 0 Å². The Bertz CT molecular complexity index is 921. The molecule has 0 radical (unpaired) electrons. The minimum absolute atomic E-state index is 0.0200. The number of carbonyl (C=O) groups is 5. The van der Waals surface area contributed by atoms with Crippen molar-refractivity contribution >= 4 is 41.5 Å². The summed E-state index contributed by atoms with van der Waals surface area (Å²) < 4.78 is 0. The quantitative estimate of drug-likeness (QED) is 0.0324. The lowest BCUT2D eigenvalue weighted by Crippen LogP contribution is -2.57. The van der Waals surface area contributed by atoms with Crippen LogP contribution in [0.15, 0.2) is 9.98 Å². The lowest BCUT2D eigenvalue weighted by atomic mass is 10.0. The number of aliphatic carboxylic acids is 1. The summed E-state index contributed by atoms with van der Waals surface area (Å²) in [6.07, 6.45) is 1.69. The zero-order chi connectivity index (χ0) is 31.4. The zero-order valence-electron chi connectivity index (χ0n) is 23.2. The van der Waals surface area contributed by atoms with Crippen LogP contribution in [0.3, 0.4) is 0 Å². The first kappa shape index (κ1) is 36.8. The molecule has 0 heterocycles. The van der Waals surface area contributed by atoms with Crippen LogP contribution in [-0.4, -0.2) is 90.4 Å². The average molecular weight is 587 g/mol. The molecule has 4 atom stereocenters. The predicted octanol–water partition coefficient (Wildman–Crippen LogP) is -4.65. The number of carbonyl (C=O) groups excluding carboxylic acids is 4. The van der Waals surface area contributed by atoms with E-state index in [2.05, 4.69) is 25.9 Å². The number of aliphatic imine (C=N–C) groups is 2. The third kappa shape index (κ3) is 17.9. The number of hydrogen-bond donors (Lipinski definition) is 11. The summed E-state index contributed by atoms with van der Waals surface area (Å²) >= 11 is 0. The van der Waals surface area contributed by atoms with E-state index in [1.165, 1.54) is 0 Å². The van der Waals surface area contributed by atoms with Gasteiger partial charge in [0.15, 0.2) is 11.9 Å². The number of guanidine groups is 2. The Morgan fingerprint density at radius 1 is 0.634 bits per heavy atom. The van der Waals surface area contributed by atoms with E-state index < -0.39 is 53.8 Å². The Morgan fingerprint density at radius 3 is 1.51 bits per heavy atom. The van der Waals surface area contributed by atoms with Crippen molar-refractivity contribution in [1.82, 2.24) is 16.0 Å². The van der Waals surface area contributed by atoms with Crippen LogP contribution in [0.4, 0.5) is 0 Å². The van der Waals surface area contributed by atoms with Gasteiger partial charge >= 0.3 is 5.97 Å². The van der Waals surface area contributed by atoms with Crippen molar-refractivity contribution in [3.05, 3.63) is 0 Å². The van der Waals surface area contributed by atoms with Gasteiger partial charge in [0.2, 0.25) is 23.6 Å². The van der Waals surface area contributed by atoms with Gasteiger partial charge in [0.1, 0.15) is 18.1 Å². The van der Waals surface area contributed by atoms with Crippen LogP contribution >= 0.6 is 0 Å². The number of carboxylic acid groups (broad SMARTS) is 1. The number of hydrogen-bond acceptors (Lipinski definition) is 9. The number of carboxylic acids is 1. The molecule has 18 nitrogen and oxygen atoms in total. The highest BCUT2D eigenvalue weighted by Gasteiger charge is 2.30. The molecule has 0 saturated carbocycles. The monoisotopic (exact) mass is 586 g/mol. The number of rotatable bonds is 22. The molecular formula is C23H46N12O6. The first-order valence-electron chi connectivity index (χ1n) is 13.3. The van der Waals surface area contributed by atoms with Crippen LogP contribution in [0, 0.1) is 0 Å². The van der Waals surface area contributed by atoms with E-state index in [0.29, 0.717) is 19.4 Å². The van der Waals surface area contributed by atoms with Crippen molar-refractivity contribution in [2.45, 2.75) is 82.0 Å². The number of nitrogens with zero attached hydrogens (tertiary/aromatic N) is 2. The molecular weight excluding hydrogens is 540 g/mol. The van der Waals surface area contributed by atoms with Crippen molar-refractivity contribution in [2.75, 3.05) is 19.6 Å². The van der Waals surface area contributed by atoms with Gasteiger partial charge in [-0.1, -0.05) is 0 Å². The van der Waals surface area contributed by atoms with E-state index in [1.54, 1.807) is 0 Å². The van der Waals surface area contributed by atoms with Crippen molar-refractivity contribution in [3.8, 4) is 0 Å². The summed E-state index contributed by atoms with van der Waals surface area (Å²) in [7, 11) is 0. The molecule has 0 saturated heterocycles. The topological polar surface area (TPSA) is 349 Å². The fourth-order valence-corrected chi connectivity index (χ4v) is 3.55. The Labute approximate surface area is 238 Å². The highest BCUT2D eigenvalue weighted by molar-refractivity contribution is 5.94. The van der Waals surface area contributed by atoms with E-state index >= 15 is 0 Å². The number of nitrogens with two attached hydrogens (primary N) is 7. The fourth-order valence-electron chi connectivity index (χ4n) is 3.55. The van der Waals surface area contributed by atoms with Gasteiger partial charge < -0.3 is 61.2 Å². The minimum Gasteiger partial charge on any atom is -0.480 e. The molecule has 0 aromatic carbocycles. The van der Waals surface area contributed by atoms with Crippen LogP contribution in [0.2, 0.25) is 0 Å². The van der Waals surface area contributed by atoms with Gasteiger partial charge in [0.25, 0.3) is 0 Å². The van der Waals surface area contributed by atoms with Gasteiger partial charge in [-0.05, 0) is 57.9 Å². The van der Waals surface area contributed by atoms with E-state index in [-0.39, 0.29) is 70.0 Å².